The SMILES string of the molecule is CN1CCC(N(C)C(=O)C2(C)CCCN2)CC1. The molecule has 2 saturated heterocycles. The summed E-state index contributed by atoms with van der Waals surface area (Å²) in [5, 5.41) is 3.36. The molecule has 2 aliphatic heterocycles. The summed E-state index contributed by atoms with van der Waals surface area (Å²) >= 11 is 0. The van der Waals surface area contributed by atoms with E-state index >= 15 is 0 Å². The summed E-state index contributed by atoms with van der Waals surface area (Å²) < 4.78 is 0. The second kappa shape index (κ2) is 4.94. The molecule has 1 N–H and O–H groups in total. The first-order valence-corrected chi connectivity index (χ1v) is 6.74. The molecule has 2 fully saturated rings. The van der Waals surface area contributed by atoms with Crippen LogP contribution in [0.5, 0.6) is 0 Å². The minimum atomic E-state index is -0.307. The van der Waals surface area contributed by atoms with Crippen molar-refractivity contribution in [2.75, 3.05) is 33.7 Å². The van der Waals surface area contributed by atoms with E-state index in [2.05, 4.69) is 17.3 Å². The highest BCUT2D eigenvalue weighted by molar-refractivity contribution is 5.86. The lowest BCUT2D eigenvalue weighted by Gasteiger charge is -2.38. The molecule has 0 bridgehead atoms. The van der Waals surface area contributed by atoms with Crippen LogP contribution in [0.15, 0.2) is 0 Å². The van der Waals surface area contributed by atoms with Crippen LogP contribution in [0.25, 0.3) is 0 Å². The predicted molar refractivity (Wildman–Crippen MR) is 68.9 cm³/mol. The van der Waals surface area contributed by atoms with Crippen LogP contribution in [0.3, 0.4) is 0 Å². The van der Waals surface area contributed by atoms with Crippen molar-refractivity contribution >= 4 is 5.91 Å². The van der Waals surface area contributed by atoms with Gasteiger partial charge in [0.1, 0.15) is 0 Å². The molecular formula is C13H25N3O. The lowest BCUT2D eigenvalue weighted by Crippen LogP contribution is -2.55. The van der Waals surface area contributed by atoms with Gasteiger partial charge in [-0.15, -0.1) is 0 Å². The van der Waals surface area contributed by atoms with E-state index in [1.807, 2.05) is 18.9 Å². The molecule has 2 aliphatic rings. The zero-order valence-corrected chi connectivity index (χ0v) is 11.3. The Morgan fingerprint density at radius 1 is 1.41 bits per heavy atom. The smallest absolute Gasteiger partial charge is 0.242 e. The fraction of sp³-hybridized carbons (Fsp3) is 0.923. The predicted octanol–water partition coefficient (Wildman–Crippen LogP) is 0.681. The Labute approximate surface area is 104 Å². The Hall–Kier alpha value is -0.610. The average Bonchev–Trinajstić information content (AvgIpc) is 2.76. The number of nitrogens with one attached hydrogen (secondary N) is 1. The van der Waals surface area contributed by atoms with E-state index in [1.54, 1.807) is 0 Å². The maximum absolute atomic E-state index is 12.5. The maximum Gasteiger partial charge on any atom is 0.242 e. The lowest BCUT2D eigenvalue weighted by atomic mass is 9.96. The third-order valence-corrected chi connectivity index (χ3v) is 4.40. The molecule has 1 unspecified atom stereocenters. The van der Waals surface area contributed by atoms with Gasteiger partial charge < -0.3 is 15.1 Å². The number of piperidine rings is 1. The summed E-state index contributed by atoms with van der Waals surface area (Å²) in [6.45, 7) is 5.23. The molecule has 0 saturated carbocycles. The summed E-state index contributed by atoms with van der Waals surface area (Å²) in [6, 6.07) is 0.429. The Morgan fingerprint density at radius 2 is 2.06 bits per heavy atom. The number of hydrogen-bond donors (Lipinski definition) is 1. The summed E-state index contributed by atoms with van der Waals surface area (Å²) in [5.74, 6) is 0.282. The van der Waals surface area contributed by atoms with Crippen molar-refractivity contribution in [1.29, 1.82) is 0 Å². The Bertz CT molecular complexity index is 278. The average molecular weight is 239 g/mol. The molecule has 2 rings (SSSR count). The Morgan fingerprint density at radius 3 is 2.59 bits per heavy atom. The van der Waals surface area contributed by atoms with Gasteiger partial charge >= 0.3 is 0 Å². The van der Waals surface area contributed by atoms with Gasteiger partial charge in [-0.3, -0.25) is 4.79 Å². The summed E-state index contributed by atoms with van der Waals surface area (Å²) in [7, 11) is 4.13. The minimum absolute atomic E-state index is 0.282. The fourth-order valence-electron chi connectivity index (χ4n) is 3.01. The van der Waals surface area contributed by atoms with Gasteiger partial charge in [0, 0.05) is 13.1 Å². The van der Waals surface area contributed by atoms with Crippen LogP contribution < -0.4 is 5.32 Å². The highest BCUT2D eigenvalue weighted by Crippen LogP contribution is 2.24. The third kappa shape index (κ3) is 2.63. The molecule has 1 atom stereocenters. The summed E-state index contributed by atoms with van der Waals surface area (Å²) in [6.07, 6.45) is 4.30. The highest BCUT2D eigenvalue weighted by atomic mass is 16.2. The van der Waals surface area contributed by atoms with Crippen molar-refractivity contribution in [3.05, 3.63) is 0 Å². The van der Waals surface area contributed by atoms with E-state index in [0.29, 0.717) is 6.04 Å². The van der Waals surface area contributed by atoms with Crippen LogP contribution in [0.2, 0.25) is 0 Å². The zero-order valence-electron chi connectivity index (χ0n) is 11.3. The molecule has 1 amide bonds. The van der Waals surface area contributed by atoms with Crippen LogP contribution in [0.1, 0.15) is 32.6 Å². The van der Waals surface area contributed by atoms with Crippen molar-refractivity contribution in [2.24, 2.45) is 0 Å². The van der Waals surface area contributed by atoms with E-state index in [0.717, 1.165) is 45.3 Å². The molecule has 2 heterocycles. The normalized spacial score (nSPS) is 31.7. The first-order chi connectivity index (χ1) is 8.03. The standard InChI is InChI=1S/C13H25N3O/c1-13(7-4-8-14-13)12(17)16(3)11-5-9-15(2)10-6-11/h11,14H,4-10H2,1-3H3. The number of nitrogens with zero attached hydrogens (tertiary/aromatic N) is 2. The molecular weight excluding hydrogens is 214 g/mol. The molecule has 0 aromatic rings. The van der Waals surface area contributed by atoms with Gasteiger partial charge in [-0.25, -0.2) is 0 Å². The van der Waals surface area contributed by atoms with Crippen LogP contribution >= 0.6 is 0 Å². The van der Waals surface area contributed by atoms with Gasteiger partial charge in [-0.1, -0.05) is 0 Å². The van der Waals surface area contributed by atoms with Crippen molar-refractivity contribution in [2.45, 2.75) is 44.2 Å². The van der Waals surface area contributed by atoms with E-state index in [4.69, 9.17) is 0 Å². The number of amides is 1. The summed E-state index contributed by atoms with van der Waals surface area (Å²) in [5.41, 5.74) is -0.307. The van der Waals surface area contributed by atoms with Crippen LogP contribution in [-0.4, -0.2) is 61.0 Å². The number of carbonyl (C=O) groups is 1. The molecule has 0 aliphatic carbocycles. The van der Waals surface area contributed by atoms with Crippen molar-refractivity contribution in [3.63, 3.8) is 0 Å². The first-order valence-electron chi connectivity index (χ1n) is 6.74. The number of likely N-dealkylation sites (tertiary alicyclic amines) is 1. The molecule has 0 aromatic heterocycles. The molecule has 4 heteroatoms. The van der Waals surface area contributed by atoms with Gasteiger partial charge in [0.05, 0.1) is 5.54 Å². The van der Waals surface area contributed by atoms with Crippen LogP contribution in [0.4, 0.5) is 0 Å². The topological polar surface area (TPSA) is 35.6 Å². The third-order valence-electron chi connectivity index (χ3n) is 4.40. The quantitative estimate of drug-likeness (QED) is 0.770. The monoisotopic (exact) mass is 239 g/mol. The highest BCUT2D eigenvalue weighted by Gasteiger charge is 2.39. The number of carbonyl (C=O) groups excluding carboxylic acids is 1. The second-order valence-electron chi connectivity index (χ2n) is 5.81. The van der Waals surface area contributed by atoms with Crippen LogP contribution in [0, 0.1) is 0 Å². The second-order valence-corrected chi connectivity index (χ2v) is 5.81. The molecule has 0 aromatic carbocycles. The van der Waals surface area contributed by atoms with Crippen molar-refractivity contribution < 1.29 is 4.79 Å². The largest absolute Gasteiger partial charge is 0.341 e. The number of likely N-dealkylation sites (N-methyl/N-ethyl adjacent to an activating group) is 1. The first kappa shape index (κ1) is 12.8. The Kier molecular flexibility index (Phi) is 3.73. The van der Waals surface area contributed by atoms with Gasteiger partial charge in [0.15, 0.2) is 0 Å². The fourth-order valence-corrected chi connectivity index (χ4v) is 3.01. The summed E-state index contributed by atoms with van der Waals surface area (Å²) in [4.78, 5) is 16.8. The number of rotatable bonds is 2. The van der Waals surface area contributed by atoms with E-state index in [1.165, 1.54) is 0 Å². The van der Waals surface area contributed by atoms with Crippen molar-refractivity contribution in [1.82, 2.24) is 15.1 Å². The minimum Gasteiger partial charge on any atom is -0.341 e. The molecule has 4 nitrogen and oxygen atoms in total. The van der Waals surface area contributed by atoms with Crippen molar-refractivity contribution in [3.8, 4) is 0 Å². The van der Waals surface area contributed by atoms with E-state index in [-0.39, 0.29) is 11.4 Å². The lowest BCUT2D eigenvalue weighted by molar-refractivity contribution is -0.138. The molecule has 17 heavy (non-hydrogen) atoms. The molecule has 0 radical (unpaired) electrons. The van der Waals surface area contributed by atoms with Gasteiger partial charge in [0.2, 0.25) is 5.91 Å². The molecule has 0 spiro atoms. The molecule has 98 valence electrons. The number of hydrogen-bond acceptors (Lipinski definition) is 3. The maximum atomic E-state index is 12.5. The van der Waals surface area contributed by atoms with Gasteiger partial charge in [0.25, 0.3) is 0 Å². The van der Waals surface area contributed by atoms with E-state index < -0.39 is 0 Å². The van der Waals surface area contributed by atoms with Crippen LogP contribution in [-0.2, 0) is 4.79 Å². The van der Waals surface area contributed by atoms with Gasteiger partial charge in [-0.05, 0) is 59.3 Å². The Balaban J connectivity index is 1.95. The van der Waals surface area contributed by atoms with E-state index in [9.17, 15) is 4.79 Å². The van der Waals surface area contributed by atoms with Gasteiger partial charge in [-0.2, -0.15) is 0 Å². The zero-order chi connectivity index (χ0) is 12.5.